The summed E-state index contributed by atoms with van der Waals surface area (Å²) in [6.45, 7) is 0. The highest BCUT2D eigenvalue weighted by Gasteiger charge is 2.41. The van der Waals surface area contributed by atoms with E-state index in [2.05, 4.69) is 10.1 Å². The van der Waals surface area contributed by atoms with Gasteiger partial charge in [0.1, 0.15) is 5.56 Å². The smallest absolute Gasteiger partial charge is 0.434 e. The number of thiazole rings is 1. The minimum absolute atomic E-state index is 0.174. The number of nitrogens with zero attached hydrogens (tertiary/aromatic N) is 3. The summed E-state index contributed by atoms with van der Waals surface area (Å²) in [4.78, 5) is 16.4. The van der Waals surface area contributed by atoms with Crippen LogP contribution in [0.5, 0.6) is 0 Å². The number of halogens is 6. The van der Waals surface area contributed by atoms with E-state index in [0.29, 0.717) is 36.4 Å². The topological polar surface area (TPSA) is 68.0 Å². The van der Waals surface area contributed by atoms with Gasteiger partial charge in [-0.25, -0.2) is 14.5 Å². The van der Waals surface area contributed by atoms with Crippen molar-refractivity contribution in [3.8, 4) is 16.4 Å². The first kappa shape index (κ1) is 23.9. The predicted octanol–water partition coefficient (Wildman–Crippen LogP) is 7.82. The number of hydrogen-bond donors (Lipinski definition) is 1. The molecular formula is C20H9Cl3F3N3O2S2. The third-order valence-electron chi connectivity index (χ3n) is 4.24. The highest BCUT2D eigenvalue weighted by atomic mass is 35.5. The molecule has 4 aromatic rings. The lowest BCUT2D eigenvalue weighted by atomic mass is 10.2. The van der Waals surface area contributed by atoms with Crippen LogP contribution in [0.2, 0.25) is 15.1 Å². The van der Waals surface area contributed by atoms with Crippen molar-refractivity contribution in [2.75, 3.05) is 0 Å². The van der Waals surface area contributed by atoms with Crippen LogP contribution >= 0.6 is 57.9 Å². The second kappa shape index (κ2) is 9.19. The van der Waals surface area contributed by atoms with Crippen LogP contribution < -0.4 is 0 Å². The lowest BCUT2D eigenvalue weighted by Crippen LogP contribution is -2.17. The molecule has 0 amide bonds. The highest BCUT2D eigenvalue weighted by molar-refractivity contribution is 8.01. The molecule has 0 saturated heterocycles. The molecule has 2 heterocycles. The molecule has 33 heavy (non-hydrogen) atoms. The molecule has 0 radical (unpaired) electrons. The Bertz CT molecular complexity index is 1360. The van der Waals surface area contributed by atoms with Crippen LogP contribution in [0, 0.1) is 0 Å². The van der Waals surface area contributed by atoms with Crippen molar-refractivity contribution in [1.29, 1.82) is 0 Å². The molecule has 2 aromatic heterocycles. The van der Waals surface area contributed by atoms with Gasteiger partial charge in [-0.15, -0.1) is 0 Å². The van der Waals surface area contributed by atoms with Crippen LogP contribution in [-0.2, 0) is 6.18 Å². The zero-order valence-corrected chi connectivity index (χ0v) is 19.8. The van der Waals surface area contributed by atoms with E-state index in [1.807, 2.05) is 0 Å². The van der Waals surface area contributed by atoms with Gasteiger partial charge >= 0.3 is 12.1 Å². The summed E-state index contributed by atoms with van der Waals surface area (Å²) in [5.74, 6) is -1.75. The second-order valence-corrected chi connectivity index (χ2v) is 10.0. The van der Waals surface area contributed by atoms with Crippen molar-refractivity contribution < 1.29 is 23.1 Å². The number of carboxylic acids is 1. The molecular weight excluding hydrogens is 542 g/mol. The largest absolute Gasteiger partial charge is 0.478 e. The fourth-order valence-corrected chi connectivity index (χ4v) is 5.66. The molecule has 0 aliphatic carbocycles. The lowest BCUT2D eigenvalue weighted by Gasteiger charge is -2.09. The quantitative estimate of drug-likeness (QED) is 0.274. The van der Waals surface area contributed by atoms with E-state index in [9.17, 15) is 23.1 Å². The van der Waals surface area contributed by atoms with Crippen molar-refractivity contribution in [1.82, 2.24) is 14.8 Å². The molecule has 2 aromatic carbocycles. The minimum Gasteiger partial charge on any atom is -0.478 e. The fraction of sp³-hybridized carbons (Fsp3) is 0.0500. The van der Waals surface area contributed by atoms with Gasteiger partial charge < -0.3 is 5.11 Å². The minimum atomic E-state index is -4.97. The van der Waals surface area contributed by atoms with Gasteiger partial charge in [0.15, 0.2) is 5.69 Å². The number of rotatable bonds is 5. The predicted molar refractivity (Wildman–Crippen MR) is 122 cm³/mol. The maximum atomic E-state index is 13.7. The Morgan fingerprint density at radius 3 is 2.33 bits per heavy atom. The summed E-state index contributed by atoms with van der Waals surface area (Å²) in [6, 6.07) is 11.5. The number of aromatic nitrogens is 3. The van der Waals surface area contributed by atoms with Crippen LogP contribution in [0.15, 0.2) is 57.8 Å². The highest BCUT2D eigenvalue weighted by Crippen LogP contribution is 2.45. The SMILES string of the molecule is O=C(O)c1cnn(-c2nc(-c3ccc(Cl)cc3Cl)c(Sc3ccc(Cl)cc3)s2)c1C(F)(F)F. The zero-order chi connectivity index (χ0) is 23.9. The molecule has 0 aliphatic heterocycles. The average Bonchev–Trinajstić information content (AvgIpc) is 3.34. The van der Waals surface area contributed by atoms with Gasteiger partial charge in [0, 0.05) is 20.5 Å². The van der Waals surface area contributed by atoms with Crippen molar-refractivity contribution in [2.24, 2.45) is 0 Å². The van der Waals surface area contributed by atoms with Crippen LogP contribution in [0.1, 0.15) is 16.1 Å². The fourth-order valence-electron chi connectivity index (χ4n) is 2.84. The van der Waals surface area contributed by atoms with E-state index >= 15 is 0 Å². The number of benzene rings is 2. The Morgan fingerprint density at radius 1 is 1.06 bits per heavy atom. The summed E-state index contributed by atoms with van der Waals surface area (Å²) >= 11 is 20.4. The first-order valence-electron chi connectivity index (χ1n) is 8.83. The van der Waals surface area contributed by atoms with Crippen molar-refractivity contribution in [2.45, 2.75) is 15.3 Å². The molecule has 0 spiro atoms. The maximum absolute atomic E-state index is 13.7. The van der Waals surface area contributed by atoms with E-state index in [-0.39, 0.29) is 10.2 Å². The first-order chi connectivity index (χ1) is 15.5. The molecule has 0 aliphatic rings. The molecule has 0 bridgehead atoms. The van der Waals surface area contributed by atoms with Gasteiger partial charge in [-0.2, -0.15) is 18.3 Å². The number of aromatic carboxylic acids is 1. The summed E-state index contributed by atoms with van der Waals surface area (Å²) in [5.41, 5.74) is -1.66. The van der Waals surface area contributed by atoms with Crippen LogP contribution in [0.4, 0.5) is 13.2 Å². The number of carboxylic acid groups (broad SMARTS) is 1. The van der Waals surface area contributed by atoms with Gasteiger partial charge in [-0.3, -0.25) is 0 Å². The monoisotopic (exact) mass is 549 g/mol. The van der Waals surface area contributed by atoms with Gasteiger partial charge in [0.2, 0.25) is 5.13 Å². The van der Waals surface area contributed by atoms with E-state index < -0.39 is 23.4 Å². The standard InChI is InChI=1S/C20H9Cl3F3N3O2S2/c21-9-1-4-11(5-2-9)32-18-15(12-6-3-10(22)7-14(12)23)28-19(33-18)29-16(20(24,25)26)13(8-27-29)17(30)31/h1-8H,(H,30,31). The Kier molecular flexibility index (Phi) is 6.66. The molecule has 0 unspecified atom stereocenters. The van der Waals surface area contributed by atoms with E-state index in [1.165, 1.54) is 17.8 Å². The van der Waals surface area contributed by atoms with Gasteiger partial charge in [-0.1, -0.05) is 57.9 Å². The van der Waals surface area contributed by atoms with Crippen molar-refractivity contribution >= 4 is 63.9 Å². The third kappa shape index (κ3) is 4.99. The summed E-state index contributed by atoms with van der Waals surface area (Å²) in [7, 11) is 0. The van der Waals surface area contributed by atoms with E-state index in [4.69, 9.17) is 34.8 Å². The van der Waals surface area contributed by atoms with Crippen LogP contribution in [-0.4, -0.2) is 25.8 Å². The Labute approximate surface area is 207 Å². The van der Waals surface area contributed by atoms with Crippen molar-refractivity contribution in [3.63, 3.8) is 0 Å². The number of alkyl halides is 3. The normalized spacial score (nSPS) is 11.7. The zero-order valence-electron chi connectivity index (χ0n) is 15.9. The average molecular weight is 551 g/mol. The molecule has 170 valence electrons. The molecule has 4 rings (SSSR count). The van der Waals surface area contributed by atoms with Gasteiger partial charge in [-0.05, 0) is 42.5 Å². The summed E-state index contributed by atoms with van der Waals surface area (Å²) in [6.07, 6.45) is -4.33. The van der Waals surface area contributed by atoms with E-state index in [0.717, 1.165) is 16.2 Å². The molecule has 0 saturated carbocycles. The first-order valence-corrected chi connectivity index (χ1v) is 11.6. The number of hydrogen-bond acceptors (Lipinski definition) is 5. The summed E-state index contributed by atoms with van der Waals surface area (Å²) < 4.78 is 42.1. The maximum Gasteiger partial charge on any atom is 0.434 e. The van der Waals surface area contributed by atoms with Gasteiger partial charge in [0.25, 0.3) is 0 Å². The Morgan fingerprint density at radius 2 is 1.73 bits per heavy atom. The number of carbonyl (C=O) groups is 1. The van der Waals surface area contributed by atoms with E-state index in [1.54, 1.807) is 36.4 Å². The molecule has 0 atom stereocenters. The molecule has 0 fully saturated rings. The third-order valence-corrected chi connectivity index (χ3v) is 7.26. The van der Waals surface area contributed by atoms with Crippen LogP contribution in [0.25, 0.3) is 16.4 Å². The Hall–Kier alpha value is -2.24. The van der Waals surface area contributed by atoms with Gasteiger partial charge in [0.05, 0.1) is 21.1 Å². The molecule has 5 nitrogen and oxygen atoms in total. The lowest BCUT2D eigenvalue weighted by molar-refractivity contribution is -0.143. The molecule has 13 heteroatoms. The Balaban J connectivity index is 1.90. The molecule has 1 N–H and O–H groups in total. The van der Waals surface area contributed by atoms with Crippen molar-refractivity contribution in [3.05, 3.63) is 75.0 Å². The summed E-state index contributed by atoms with van der Waals surface area (Å²) in [5, 5.41) is 13.8. The van der Waals surface area contributed by atoms with Crippen LogP contribution in [0.3, 0.4) is 0 Å². The second-order valence-electron chi connectivity index (χ2n) is 6.43.